The van der Waals surface area contributed by atoms with Gasteiger partial charge in [0.05, 0.1) is 0 Å². The maximum Gasteiger partial charge on any atom is 0.315 e. The van der Waals surface area contributed by atoms with Gasteiger partial charge in [0, 0.05) is 19.5 Å². The minimum atomic E-state index is -1.03. The molecule has 2 rings (SSSR count). The van der Waals surface area contributed by atoms with Gasteiger partial charge in [0.15, 0.2) is 0 Å². The Morgan fingerprint density at radius 3 is 2.46 bits per heavy atom. The van der Waals surface area contributed by atoms with Gasteiger partial charge in [0.1, 0.15) is 6.04 Å². The number of carboxylic acids is 1. The van der Waals surface area contributed by atoms with E-state index in [0.29, 0.717) is 0 Å². The van der Waals surface area contributed by atoms with Crippen LogP contribution in [0.4, 0.5) is 4.79 Å². The molecule has 4 N–H and O–H groups in total. The van der Waals surface area contributed by atoms with Crippen molar-refractivity contribution in [3.8, 4) is 0 Å². The topological polar surface area (TPSA) is 113 Å². The van der Waals surface area contributed by atoms with Crippen molar-refractivity contribution in [1.82, 2.24) is 10.2 Å². The van der Waals surface area contributed by atoms with Crippen LogP contribution in [0.25, 0.3) is 10.8 Å². The summed E-state index contributed by atoms with van der Waals surface area (Å²) in [5.41, 5.74) is 6.23. The van der Waals surface area contributed by atoms with E-state index in [4.69, 9.17) is 10.8 Å². The van der Waals surface area contributed by atoms with Crippen molar-refractivity contribution in [1.29, 1.82) is 0 Å². The number of nitrogens with two attached hydrogens (primary N) is 1. The molecule has 26 heavy (non-hydrogen) atoms. The molecule has 0 saturated carbocycles. The molecular weight excluding hydrogens is 334 g/mol. The average molecular weight is 357 g/mol. The van der Waals surface area contributed by atoms with Crippen molar-refractivity contribution in [2.24, 2.45) is 5.73 Å². The molecule has 7 nitrogen and oxygen atoms in total. The molecule has 0 aliphatic heterocycles. The minimum absolute atomic E-state index is 0.00959. The molecule has 0 spiro atoms. The number of hydrogen-bond donors (Lipinski definition) is 3. The zero-order chi connectivity index (χ0) is 19.1. The van der Waals surface area contributed by atoms with Gasteiger partial charge in [0.25, 0.3) is 0 Å². The summed E-state index contributed by atoms with van der Waals surface area (Å²) in [6, 6.07) is 12.1. The van der Waals surface area contributed by atoms with Gasteiger partial charge in [-0.2, -0.15) is 0 Å². The molecule has 7 heteroatoms. The van der Waals surface area contributed by atoms with Crippen molar-refractivity contribution >= 4 is 28.7 Å². The third-order valence-electron chi connectivity index (χ3n) is 4.21. The first-order valence-corrected chi connectivity index (χ1v) is 8.45. The van der Waals surface area contributed by atoms with Crippen LogP contribution in [-0.4, -0.2) is 40.5 Å². The van der Waals surface area contributed by atoms with Crippen LogP contribution in [0.2, 0.25) is 0 Å². The molecule has 0 aromatic heterocycles. The van der Waals surface area contributed by atoms with Gasteiger partial charge in [-0.1, -0.05) is 36.4 Å². The van der Waals surface area contributed by atoms with Gasteiger partial charge >= 0.3 is 12.0 Å². The van der Waals surface area contributed by atoms with E-state index in [1.807, 2.05) is 42.5 Å². The summed E-state index contributed by atoms with van der Waals surface area (Å²) >= 11 is 0. The second-order valence-electron chi connectivity index (χ2n) is 5.97. The Bertz CT molecular complexity index is 806. The summed E-state index contributed by atoms with van der Waals surface area (Å²) in [5, 5.41) is 13.8. The molecule has 0 bridgehead atoms. The zero-order valence-corrected chi connectivity index (χ0v) is 14.6. The fraction of sp³-hybridized carbons (Fsp3) is 0.316. The van der Waals surface area contributed by atoms with E-state index in [1.54, 1.807) is 6.92 Å². The fourth-order valence-corrected chi connectivity index (χ4v) is 2.87. The van der Waals surface area contributed by atoms with Crippen LogP contribution in [-0.2, 0) is 16.1 Å². The summed E-state index contributed by atoms with van der Waals surface area (Å²) in [4.78, 5) is 36.1. The zero-order valence-electron chi connectivity index (χ0n) is 14.6. The third-order valence-corrected chi connectivity index (χ3v) is 4.21. The number of carboxylic acid groups (broad SMARTS) is 1. The second-order valence-corrected chi connectivity index (χ2v) is 5.97. The molecule has 0 heterocycles. The lowest BCUT2D eigenvalue weighted by Gasteiger charge is -2.28. The molecule has 1 atom stereocenters. The highest BCUT2D eigenvalue weighted by atomic mass is 16.4. The van der Waals surface area contributed by atoms with E-state index < -0.39 is 23.9 Å². The molecule has 2 aromatic rings. The minimum Gasteiger partial charge on any atom is -0.481 e. The van der Waals surface area contributed by atoms with E-state index in [0.717, 1.165) is 16.3 Å². The number of nitrogens with zero attached hydrogens (tertiary/aromatic N) is 1. The molecule has 0 unspecified atom stereocenters. The first kappa shape index (κ1) is 19.2. The van der Waals surface area contributed by atoms with Crippen LogP contribution in [0.1, 0.15) is 25.3 Å². The molecule has 0 saturated heterocycles. The molecule has 138 valence electrons. The molecule has 0 aliphatic carbocycles. The van der Waals surface area contributed by atoms with Gasteiger partial charge in [-0.05, 0) is 35.7 Å². The summed E-state index contributed by atoms with van der Waals surface area (Å²) in [5.74, 6) is -1.45. The standard InChI is InChI=1S/C19H23N3O4/c1-2-22(19(20)26)16(9-10-17(23)24)18(25)21-12-13-7-8-14-5-3-4-6-15(14)11-13/h3-8,11,16H,2,9-10,12H2,1H3,(H2,20,26)(H,21,25)(H,23,24)/t16-/m1/s1. The van der Waals surface area contributed by atoms with Crippen molar-refractivity contribution in [3.63, 3.8) is 0 Å². The Labute approximate surface area is 151 Å². The number of nitrogens with one attached hydrogen (secondary N) is 1. The van der Waals surface area contributed by atoms with Gasteiger partial charge in [-0.15, -0.1) is 0 Å². The number of primary amides is 1. The van der Waals surface area contributed by atoms with Crippen LogP contribution in [0.5, 0.6) is 0 Å². The maximum absolute atomic E-state index is 12.5. The smallest absolute Gasteiger partial charge is 0.315 e. The first-order valence-electron chi connectivity index (χ1n) is 8.45. The molecule has 0 aliphatic rings. The Morgan fingerprint density at radius 1 is 1.15 bits per heavy atom. The van der Waals surface area contributed by atoms with E-state index in [1.165, 1.54) is 4.90 Å². The van der Waals surface area contributed by atoms with Crippen LogP contribution in [0.15, 0.2) is 42.5 Å². The highest BCUT2D eigenvalue weighted by Gasteiger charge is 2.27. The molecule has 2 aromatic carbocycles. The Kier molecular flexibility index (Phi) is 6.54. The fourth-order valence-electron chi connectivity index (χ4n) is 2.87. The number of amides is 3. The van der Waals surface area contributed by atoms with Crippen molar-refractivity contribution in [2.45, 2.75) is 32.4 Å². The number of urea groups is 1. The number of hydrogen-bond acceptors (Lipinski definition) is 3. The van der Waals surface area contributed by atoms with Gasteiger partial charge < -0.3 is 21.1 Å². The number of benzene rings is 2. The average Bonchev–Trinajstić information content (AvgIpc) is 2.62. The lowest BCUT2D eigenvalue weighted by atomic mass is 10.1. The van der Waals surface area contributed by atoms with Crippen molar-refractivity contribution in [3.05, 3.63) is 48.0 Å². The lowest BCUT2D eigenvalue weighted by Crippen LogP contribution is -2.51. The van der Waals surface area contributed by atoms with Gasteiger partial charge in [-0.25, -0.2) is 4.79 Å². The monoisotopic (exact) mass is 357 g/mol. The summed E-state index contributed by atoms with van der Waals surface area (Å²) < 4.78 is 0. The number of carbonyl (C=O) groups excluding carboxylic acids is 2. The Morgan fingerprint density at radius 2 is 1.85 bits per heavy atom. The summed E-state index contributed by atoms with van der Waals surface area (Å²) in [7, 11) is 0. The highest BCUT2D eigenvalue weighted by molar-refractivity contribution is 5.87. The molecule has 0 fully saturated rings. The predicted octanol–water partition coefficient (Wildman–Crippen LogP) is 2.09. The first-order chi connectivity index (χ1) is 12.4. The van der Waals surface area contributed by atoms with E-state index in [9.17, 15) is 14.4 Å². The predicted molar refractivity (Wildman–Crippen MR) is 98.4 cm³/mol. The number of likely N-dealkylation sites (N-methyl/N-ethyl adjacent to an activating group) is 1. The van der Waals surface area contributed by atoms with Gasteiger partial charge in [-0.3, -0.25) is 9.59 Å². The summed E-state index contributed by atoms with van der Waals surface area (Å²) in [6.07, 6.45) is -0.215. The SMILES string of the molecule is CCN(C(N)=O)[C@H](CCC(=O)O)C(=O)NCc1ccc2ccccc2c1. The van der Waals surface area contributed by atoms with Gasteiger partial charge in [0.2, 0.25) is 5.91 Å². The van der Waals surface area contributed by atoms with Crippen LogP contribution >= 0.6 is 0 Å². The number of carbonyl (C=O) groups is 3. The Balaban J connectivity index is 2.08. The molecule has 0 radical (unpaired) electrons. The van der Waals surface area contributed by atoms with Crippen molar-refractivity contribution in [2.75, 3.05) is 6.54 Å². The van der Waals surface area contributed by atoms with Crippen molar-refractivity contribution < 1.29 is 19.5 Å². The van der Waals surface area contributed by atoms with Crippen LogP contribution in [0, 0.1) is 0 Å². The quantitative estimate of drug-likeness (QED) is 0.671. The molecular formula is C19H23N3O4. The second kappa shape index (κ2) is 8.84. The highest BCUT2D eigenvalue weighted by Crippen LogP contribution is 2.16. The van der Waals surface area contributed by atoms with E-state index >= 15 is 0 Å². The summed E-state index contributed by atoms with van der Waals surface area (Å²) in [6.45, 7) is 2.20. The van der Waals surface area contributed by atoms with Crippen LogP contribution in [0.3, 0.4) is 0 Å². The normalized spacial score (nSPS) is 11.7. The number of fused-ring (bicyclic) bond motifs is 1. The van der Waals surface area contributed by atoms with E-state index in [-0.39, 0.29) is 25.9 Å². The van der Waals surface area contributed by atoms with Crippen LogP contribution < -0.4 is 11.1 Å². The number of aliphatic carboxylic acids is 1. The third kappa shape index (κ3) is 4.95. The molecule has 3 amide bonds. The largest absolute Gasteiger partial charge is 0.481 e. The lowest BCUT2D eigenvalue weighted by molar-refractivity contribution is -0.137. The Hall–Kier alpha value is -3.09. The van der Waals surface area contributed by atoms with E-state index in [2.05, 4.69) is 5.32 Å². The number of rotatable bonds is 8. The maximum atomic E-state index is 12.5.